The van der Waals surface area contributed by atoms with Crippen LogP contribution in [0.2, 0.25) is 5.02 Å². The quantitative estimate of drug-likeness (QED) is 0.444. The molecule has 2 N–H and O–H groups in total. The topological polar surface area (TPSA) is 102 Å². The maximum absolute atomic E-state index is 13.0. The first-order valence-electron chi connectivity index (χ1n) is 9.80. The highest BCUT2D eigenvalue weighted by Gasteiger charge is 2.21. The van der Waals surface area contributed by atoms with Crippen LogP contribution in [-0.4, -0.2) is 33.4 Å². The minimum atomic E-state index is -4.17. The van der Waals surface area contributed by atoms with E-state index in [9.17, 15) is 22.4 Å². The van der Waals surface area contributed by atoms with Crippen LogP contribution in [0.3, 0.4) is 0 Å². The fourth-order valence-corrected chi connectivity index (χ4v) is 4.41. The van der Waals surface area contributed by atoms with Crippen molar-refractivity contribution in [1.29, 1.82) is 0 Å². The van der Waals surface area contributed by atoms with E-state index >= 15 is 0 Å². The van der Waals surface area contributed by atoms with E-state index in [2.05, 4.69) is 10.0 Å². The summed E-state index contributed by atoms with van der Waals surface area (Å²) >= 11 is 6.02. The van der Waals surface area contributed by atoms with Gasteiger partial charge in [-0.1, -0.05) is 41.9 Å². The van der Waals surface area contributed by atoms with Gasteiger partial charge in [-0.05, 0) is 54.4 Å². The fraction of sp³-hybridized carbons (Fsp3) is 0.130. The van der Waals surface area contributed by atoms with E-state index in [1.165, 1.54) is 24.3 Å². The van der Waals surface area contributed by atoms with Crippen LogP contribution in [0.25, 0.3) is 0 Å². The van der Waals surface area contributed by atoms with Crippen molar-refractivity contribution in [3.63, 3.8) is 0 Å². The van der Waals surface area contributed by atoms with Gasteiger partial charge in [-0.3, -0.25) is 9.52 Å². The number of esters is 1. The lowest BCUT2D eigenvalue weighted by Crippen LogP contribution is -2.30. The Bertz CT molecular complexity index is 1240. The fourth-order valence-electron chi connectivity index (χ4n) is 2.82. The number of hydrogen-bond donors (Lipinski definition) is 2. The Balaban J connectivity index is 1.59. The van der Waals surface area contributed by atoms with E-state index in [-0.39, 0.29) is 21.2 Å². The molecule has 3 rings (SSSR count). The lowest BCUT2D eigenvalue weighted by molar-refractivity contribution is -0.124. The zero-order valence-electron chi connectivity index (χ0n) is 17.3. The number of halogens is 2. The summed E-state index contributed by atoms with van der Waals surface area (Å²) in [5, 5.41) is 2.52. The Labute approximate surface area is 195 Å². The van der Waals surface area contributed by atoms with Gasteiger partial charge >= 0.3 is 5.97 Å². The van der Waals surface area contributed by atoms with Gasteiger partial charge in [0.05, 0.1) is 10.6 Å². The monoisotopic (exact) mass is 490 g/mol. The van der Waals surface area contributed by atoms with Gasteiger partial charge in [0, 0.05) is 12.2 Å². The average Bonchev–Trinajstić information content (AvgIpc) is 2.80. The van der Waals surface area contributed by atoms with E-state index in [0.29, 0.717) is 13.0 Å². The highest BCUT2D eigenvalue weighted by molar-refractivity contribution is 7.92. The van der Waals surface area contributed by atoms with Gasteiger partial charge in [0.15, 0.2) is 6.61 Å². The van der Waals surface area contributed by atoms with E-state index in [1.54, 1.807) is 0 Å². The summed E-state index contributed by atoms with van der Waals surface area (Å²) in [7, 11) is -4.17. The molecule has 0 saturated carbocycles. The van der Waals surface area contributed by atoms with Crippen molar-refractivity contribution in [3.8, 4) is 0 Å². The molecule has 0 heterocycles. The molecular formula is C23H20ClFN2O5S. The van der Waals surface area contributed by atoms with Crippen molar-refractivity contribution >= 4 is 39.2 Å². The van der Waals surface area contributed by atoms with Crippen molar-refractivity contribution in [2.45, 2.75) is 11.3 Å². The summed E-state index contributed by atoms with van der Waals surface area (Å²) in [6.45, 7) is -0.148. The number of nitrogens with one attached hydrogen (secondary N) is 2. The molecule has 0 aliphatic rings. The van der Waals surface area contributed by atoms with Crippen LogP contribution >= 0.6 is 11.6 Å². The Morgan fingerprint density at radius 3 is 2.36 bits per heavy atom. The molecule has 7 nitrogen and oxygen atoms in total. The molecule has 0 aromatic heterocycles. The molecule has 1 amide bonds. The summed E-state index contributed by atoms with van der Waals surface area (Å²) < 4.78 is 45.6. The first kappa shape index (κ1) is 24.2. The molecule has 33 heavy (non-hydrogen) atoms. The van der Waals surface area contributed by atoms with Gasteiger partial charge in [-0.2, -0.15) is 0 Å². The van der Waals surface area contributed by atoms with Crippen LogP contribution in [0.15, 0.2) is 77.7 Å². The van der Waals surface area contributed by atoms with E-state index in [4.69, 9.17) is 16.3 Å². The predicted molar refractivity (Wildman–Crippen MR) is 122 cm³/mol. The largest absolute Gasteiger partial charge is 0.452 e. The first-order valence-corrected chi connectivity index (χ1v) is 11.7. The number of amides is 1. The SMILES string of the molecule is O=C(COC(=O)c1ccc(Cl)c(S(=O)(=O)Nc2ccc(F)cc2)c1)NCCc1ccccc1. The number of ether oxygens (including phenoxy) is 1. The highest BCUT2D eigenvalue weighted by atomic mass is 35.5. The maximum atomic E-state index is 13.0. The van der Waals surface area contributed by atoms with E-state index < -0.39 is 34.3 Å². The van der Waals surface area contributed by atoms with Crippen molar-refractivity contribution in [1.82, 2.24) is 5.32 Å². The van der Waals surface area contributed by atoms with Crippen LogP contribution in [0.5, 0.6) is 0 Å². The number of rotatable bonds is 9. The molecule has 0 unspecified atom stereocenters. The first-order chi connectivity index (χ1) is 15.7. The molecule has 0 bridgehead atoms. The second kappa shape index (κ2) is 10.9. The second-order valence-corrected chi connectivity index (χ2v) is 8.98. The summed E-state index contributed by atoms with van der Waals surface area (Å²) in [4.78, 5) is 23.9. The van der Waals surface area contributed by atoms with Crippen LogP contribution in [0, 0.1) is 5.82 Å². The van der Waals surface area contributed by atoms with Crippen LogP contribution in [0.4, 0.5) is 10.1 Å². The molecule has 10 heteroatoms. The van der Waals surface area contributed by atoms with E-state index in [0.717, 1.165) is 23.8 Å². The van der Waals surface area contributed by atoms with Crippen molar-refractivity contribution in [2.24, 2.45) is 0 Å². The average molecular weight is 491 g/mol. The molecular weight excluding hydrogens is 471 g/mol. The third-order valence-corrected chi connectivity index (χ3v) is 6.33. The number of hydrogen-bond acceptors (Lipinski definition) is 5. The minimum Gasteiger partial charge on any atom is -0.452 e. The highest BCUT2D eigenvalue weighted by Crippen LogP contribution is 2.25. The summed E-state index contributed by atoms with van der Waals surface area (Å²) in [5.41, 5.74) is 1.07. The van der Waals surface area contributed by atoms with Gasteiger partial charge < -0.3 is 10.1 Å². The molecule has 0 spiro atoms. The molecule has 172 valence electrons. The smallest absolute Gasteiger partial charge is 0.338 e. The van der Waals surface area contributed by atoms with Crippen LogP contribution < -0.4 is 10.0 Å². The van der Waals surface area contributed by atoms with E-state index in [1.807, 2.05) is 30.3 Å². The molecule has 0 aliphatic carbocycles. The third-order valence-electron chi connectivity index (χ3n) is 4.47. The molecule has 3 aromatic carbocycles. The van der Waals surface area contributed by atoms with Gasteiger partial charge in [0.25, 0.3) is 15.9 Å². The summed E-state index contributed by atoms with van der Waals surface area (Å²) in [6, 6.07) is 17.8. The predicted octanol–water partition coefficient (Wildman–Crippen LogP) is 3.80. The number of carbonyl (C=O) groups is 2. The molecule has 0 radical (unpaired) electrons. The lowest BCUT2D eigenvalue weighted by Gasteiger charge is -2.11. The zero-order chi connectivity index (χ0) is 23.8. The second-order valence-electron chi connectivity index (χ2n) is 6.92. The van der Waals surface area contributed by atoms with Gasteiger partial charge in [0.2, 0.25) is 0 Å². The Kier molecular flexibility index (Phi) is 8.02. The molecule has 0 atom stereocenters. The molecule has 0 fully saturated rings. The number of anilines is 1. The summed E-state index contributed by atoms with van der Waals surface area (Å²) in [6.07, 6.45) is 0.625. The lowest BCUT2D eigenvalue weighted by atomic mass is 10.1. The number of benzene rings is 3. The van der Waals surface area contributed by atoms with Gasteiger partial charge in [-0.15, -0.1) is 0 Å². The van der Waals surface area contributed by atoms with Crippen molar-refractivity contribution in [2.75, 3.05) is 17.9 Å². The standard InChI is InChI=1S/C23H20ClFN2O5S/c24-20-11-6-17(14-21(20)33(30,31)27-19-9-7-18(25)8-10-19)23(29)32-15-22(28)26-13-12-16-4-2-1-3-5-16/h1-11,14,27H,12-13,15H2,(H,26,28). The molecule has 3 aromatic rings. The Hall–Kier alpha value is -3.43. The number of sulfonamides is 1. The Morgan fingerprint density at radius 2 is 1.67 bits per heavy atom. The summed E-state index contributed by atoms with van der Waals surface area (Å²) in [5.74, 6) is -1.90. The maximum Gasteiger partial charge on any atom is 0.338 e. The van der Waals surface area contributed by atoms with Gasteiger partial charge in [0.1, 0.15) is 10.7 Å². The zero-order valence-corrected chi connectivity index (χ0v) is 18.8. The molecule has 0 saturated heterocycles. The minimum absolute atomic E-state index is 0.101. The number of carbonyl (C=O) groups excluding carboxylic acids is 2. The third kappa shape index (κ3) is 7.03. The van der Waals surface area contributed by atoms with Crippen LogP contribution in [0.1, 0.15) is 15.9 Å². The van der Waals surface area contributed by atoms with Crippen molar-refractivity contribution in [3.05, 3.63) is 94.8 Å². The normalized spacial score (nSPS) is 11.0. The Morgan fingerprint density at radius 1 is 0.970 bits per heavy atom. The van der Waals surface area contributed by atoms with Crippen LogP contribution in [-0.2, 0) is 26.0 Å². The van der Waals surface area contributed by atoms with Gasteiger partial charge in [-0.25, -0.2) is 17.6 Å². The van der Waals surface area contributed by atoms with Crippen molar-refractivity contribution < 1.29 is 27.1 Å². The molecule has 0 aliphatic heterocycles.